The van der Waals surface area contributed by atoms with Crippen molar-refractivity contribution in [3.8, 4) is 0 Å². The highest BCUT2D eigenvalue weighted by Crippen LogP contribution is 2.38. The van der Waals surface area contributed by atoms with Crippen molar-refractivity contribution in [2.24, 2.45) is 5.92 Å². The molecule has 242 valence electrons. The Hall–Kier alpha value is -3.45. The maximum atomic E-state index is 15.2. The van der Waals surface area contributed by atoms with Crippen molar-refractivity contribution in [3.63, 3.8) is 0 Å². The van der Waals surface area contributed by atoms with Gasteiger partial charge in [-0.2, -0.15) is 0 Å². The number of benzene rings is 1. The van der Waals surface area contributed by atoms with Crippen LogP contribution in [0.2, 0.25) is 18.1 Å². The first kappa shape index (κ1) is 35.0. The number of halogens is 1. The number of fused-ring (bicyclic) bond motifs is 1. The van der Waals surface area contributed by atoms with E-state index in [2.05, 4.69) is 20.6 Å². The molecule has 1 saturated carbocycles. The second-order valence-electron chi connectivity index (χ2n) is 14.0. The highest BCUT2D eigenvalue weighted by molar-refractivity contribution is 6.74. The SMILES string of the molecule is Cc1nc2ccc(F)c(C(=O)CC(C(=O)O)C(=O)C(NC(=O)OC(C)(C)C)C(C)O[Si](C)(C)C(C)(C)C)c2nc1NC1CC1. The Balaban J connectivity index is 1.98. The molecule has 3 atom stereocenters. The smallest absolute Gasteiger partial charge is 0.408 e. The molecule has 3 N–H and O–H groups in total. The molecule has 1 aliphatic rings. The first-order valence-electron chi connectivity index (χ1n) is 14.8. The van der Waals surface area contributed by atoms with Crippen molar-refractivity contribution in [2.75, 3.05) is 5.32 Å². The number of carbonyl (C=O) groups excluding carboxylic acids is 3. The Labute approximate surface area is 258 Å². The quantitative estimate of drug-likeness (QED) is 0.148. The number of hydrogen-bond acceptors (Lipinski definition) is 9. The molecule has 44 heavy (non-hydrogen) atoms. The highest BCUT2D eigenvalue weighted by Gasteiger charge is 2.44. The molecule has 2 aromatic rings. The molecule has 11 nitrogen and oxygen atoms in total. The van der Waals surface area contributed by atoms with Gasteiger partial charge < -0.3 is 24.9 Å². The van der Waals surface area contributed by atoms with E-state index in [4.69, 9.17) is 9.16 Å². The lowest BCUT2D eigenvalue weighted by Crippen LogP contribution is -2.56. The molecule has 0 bridgehead atoms. The zero-order valence-corrected chi connectivity index (χ0v) is 28.3. The van der Waals surface area contributed by atoms with Gasteiger partial charge in [-0.1, -0.05) is 20.8 Å². The number of aliphatic carboxylic acids is 1. The van der Waals surface area contributed by atoms with Crippen LogP contribution in [-0.4, -0.2) is 70.8 Å². The molecule has 3 unspecified atom stereocenters. The molecular formula is C31H45FN4O7Si. The maximum absolute atomic E-state index is 15.2. The fourth-order valence-electron chi connectivity index (χ4n) is 4.39. The topological polar surface area (TPSA) is 157 Å². The summed E-state index contributed by atoms with van der Waals surface area (Å²) in [5.41, 5.74) is -0.553. The van der Waals surface area contributed by atoms with Crippen molar-refractivity contribution >= 4 is 48.8 Å². The summed E-state index contributed by atoms with van der Waals surface area (Å²) >= 11 is 0. The van der Waals surface area contributed by atoms with E-state index in [-0.39, 0.29) is 22.1 Å². The summed E-state index contributed by atoms with van der Waals surface area (Å²) < 4.78 is 26.9. The molecule has 1 fully saturated rings. The number of ether oxygens (including phenoxy) is 1. The summed E-state index contributed by atoms with van der Waals surface area (Å²) in [6, 6.07) is 1.20. The molecule has 1 amide bonds. The lowest BCUT2D eigenvalue weighted by Gasteiger charge is -2.40. The third-order valence-electron chi connectivity index (χ3n) is 7.92. The van der Waals surface area contributed by atoms with E-state index in [1.807, 2.05) is 33.9 Å². The number of Topliss-reactive ketones (excluding diaryl/α,β-unsaturated/α-hetero) is 2. The number of amides is 1. The first-order valence-corrected chi connectivity index (χ1v) is 17.7. The van der Waals surface area contributed by atoms with Crippen LogP contribution in [-0.2, 0) is 18.8 Å². The van der Waals surface area contributed by atoms with Gasteiger partial charge in [-0.25, -0.2) is 19.2 Å². The fraction of sp³-hybridized carbons (Fsp3) is 0.613. The lowest BCUT2D eigenvalue weighted by atomic mass is 9.89. The zero-order valence-electron chi connectivity index (χ0n) is 27.3. The minimum absolute atomic E-state index is 0.0293. The summed E-state index contributed by atoms with van der Waals surface area (Å²) in [4.78, 5) is 61.7. The number of carbonyl (C=O) groups is 4. The van der Waals surface area contributed by atoms with Crippen molar-refractivity contribution in [1.29, 1.82) is 0 Å². The monoisotopic (exact) mass is 632 g/mol. The highest BCUT2D eigenvalue weighted by atomic mass is 28.4. The van der Waals surface area contributed by atoms with Crippen molar-refractivity contribution < 1.29 is 37.8 Å². The van der Waals surface area contributed by atoms with Crippen LogP contribution in [0.15, 0.2) is 12.1 Å². The Morgan fingerprint density at radius 2 is 1.70 bits per heavy atom. The number of carboxylic acids is 1. The summed E-state index contributed by atoms with van der Waals surface area (Å²) in [5, 5.41) is 15.6. The average Bonchev–Trinajstić information content (AvgIpc) is 3.68. The Morgan fingerprint density at radius 1 is 1.09 bits per heavy atom. The molecule has 0 aliphatic heterocycles. The minimum atomic E-state index is -2.51. The van der Waals surface area contributed by atoms with Crippen LogP contribution >= 0.6 is 0 Å². The number of aryl methyl sites for hydroxylation is 1. The normalized spacial score (nSPS) is 16.2. The van der Waals surface area contributed by atoms with Crippen molar-refractivity contribution in [1.82, 2.24) is 15.3 Å². The number of aromatic nitrogens is 2. The van der Waals surface area contributed by atoms with Crippen molar-refractivity contribution in [2.45, 2.75) is 117 Å². The number of nitrogens with zero attached hydrogens (tertiary/aromatic N) is 2. The number of rotatable bonds is 12. The third-order valence-corrected chi connectivity index (χ3v) is 12.5. The van der Waals surface area contributed by atoms with Gasteiger partial charge in [0.2, 0.25) is 0 Å². The van der Waals surface area contributed by atoms with E-state index in [9.17, 15) is 24.3 Å². The summed E-state index contributed by atoms with van der Waals surface area (Å²) in [6.07, 6.45) is -0.880. The van der Waals surface area contributed by atoms with E-state index >= 15 is 4.39 Å². The molecule has 0 radical (unpaired) electrons. The number of ketones is 2. The van der Waals surface area contributed by atoms with Gasteiger partial charge in [-0.05, 0) is 77.7 Å². The van der Waals surface area contributed by atoms with Crippen LogP contribution in [0.3, 0.4) is 0 Å². The Kier molecular flexibility index (Phi) is 10.3. The van der Waals surface area contributed by atoms with Gasteiger partial charge >= 0.3 is 12.1 Å². The van der Waals surface area contributed by atoms with Crippen LogP contribution in [0.25, 0.3) is 11.0 Å². The van der Waals surface area contributed by atoms with Crippen molar-refractivity contribution in [3.05, 3.63) is 29.2 Å². The van der Waals surface area contributed by atoms with E-state index in [1.54, 1.807) is 34.6 Å². The number of alkyl carbamates (subject to hydrolysis) is 1. The largest absolute Gasteiger partial charge is 0.481 e. The van der Waals surface area contributed by atoms with Crippen LogP contribution < -0.4 is 10.6 Å². The molecule has 0 spiro atoms. The van der Waals surface area contributed by atoms with Gasteiger partial charge in [-0.15, -0.1) is 0 Å². The predicted octanol–water partition coefficient (Wildman–Crippen LogP) is 5.80. The first-order chi connectivity index (χ1) is 20.1. The average molecular weight is 633 g/mol. The molecule has 13 heteroatoms. The van der Waals surface area contributed by atoms with Crippen LogP contribution in [0.1, 0.15) is 83.8 Å². The van der Waals surface area contributed by atoms with E-state index < -0.39 is 73.4 Å². The number of anilines is 1. The maximum Gasteiger partial charge on any atom is 0.408 e. The number of hydrogen-bond donors (Lipinski definition) is 3. The van der Waals surface area contributed by atoms with Gasteiger partial charge in [0.15, 0.2) is 19.9 Å². The van der Waals surface area contributed by atoms with Gasteiger partial charge in [0.05, 0.1) is 22.9 Å². The summed E-state index contributed by atoms with van der Waals surface area (Å²) in [6.45, 7) is 18.1. The second-order valence-corrected chi connectivity index (χ2v) is 18.8. The minimum Gasteiger partial charge on any atom is -0.481 e. The second kappa shape index (κ2) is 12.9. The van der Waals surface area contributed by atoms with Crippen LogP contribution in [0.4, 0.5) is 15.0 Å². The van der Waals surface area contributed by atoms with Gasteiger partial charge in [0.25, 0.3) is 0 Å². The van der Waals surface area contributed by atoms with Gasteiger partial charge in [0, 0.05) is 12.5 Å². The number of carboxylic acid groups (broad SMARTS) is 1. The molecule has 1 heterocycles. The standard InChI is InChI=1S/C31H45FN4O7Si/c1-16-27(34-18-11-12-18)35-25-21(33-16)14-13-20(32)23(25)22(37)15-19(28(39)40)26(38)24(36-29(41)42-30(3,4)5)17(2)43-44(9,10)31(6,7)8/h13-14,17-19,24H,11-12,15H2,1-10H3,(H,34,35)(H,36,41)(H,39,40). The van der Waals surface area contributed by atoms with E-state index in [0.717, 1.165) is 18.9 Å². The fourth-order valence-corrected chi connectivity index (χ4v) is 5.81. The third kappa shape index (κ3) is 8.59. The van der Waals surface area contributed by atoms with Gasteiger partial charge in [0.1, 0.15) is 34.7 Å². The lowest BCUT2D eigenvalue weighted by molar-refractivity contribution is -0.147. The molecule has 3 rings (SSSR count). The Bertz CT molecular complexity index is 1450. The van der Waals surface area contributed by atoms with Crippen LogP contribution in [0.5, 0.6) is 0 Å². The van der Waals surface area contributed by atoms with Gasteiger partial charge in [-0.3, -0.25) is 14.4 Å². The number of nitrogens with one attached hydrogen (secondary N) is 2. The summed E-state index contributed by atoms with van der Waals surface area (Å²) in [7, 11) is -2.51. The van der Waals surface area contributed by atoms with E-state index in [0.29, 0.717) is 11.5 Å². The molecule has 1 aromatic carbocycles. The molecule has 1 aliphatic carbocycles. The molecule has 0 saturated heterocycles. The zero-order chi connectivity index (χ0) is 33.4. The molecular weight excluding hydrogens is 587 g/mol. The Morgan fingerprint density at radius 3 is 2.23 bits per heavy atom. The molecule has 1 aromatic heterocycles. The predicted molar refractivity (Wildman–Crippen MR) is 167 cm³/mol. The summed E-state index contributed by atoms with van der Waals surface area (Å²) in [5.74, 6) is -5.93. The van der Waals surface area contributed by atoms with Crippen LogP contribution in [0, 0.1) is 18.7 Å². The van der Waals surface area contributed by atoms with E-state index in [1.165, 1.54) is 6.07 Å².